The molecule has 27 heavy (non-hydrogen) atoms. The molecule has 1 aromatic carbocycles. The summed E-state index contributed by atoms with van der Waals surface area (Å²) in [7, 11) is 2.14. The van der Waals surface area contributed by atoms with E-state index in [9.17, 15) is 9.59 Å². The highest BCUT2D eigenvalue weighted by Gasteiger charge is 2.37. The average molecular weight is 373 g/mol. The van der Waals surface area contributed by atoms with Crippen molar-refractivity contribution in [3.05, 3.63) is 24.3 Å². The second kappa shape index (κ2) is 8.30. The summed E-state index contributed by atoms with van der Waals surface area (Å²) >= 11 is 0. The number of benzene rings is 1. The molecule has 0 bridgehead atoms. The number of hydrogen-bond donors (Lipinski definition) is 2. The quantitative estimate of drug-likeness (QED) is 0.780. The van der Waals surface area contributed by atoms with Crippen molar-refractivity contribution in [2.24, 2.45) is 5.41 Å². The van der Waals surface area contributed by atoms with E-state index < -0.39 is 5.41 Å². The monoisotopic (exact) mass is 372 g/mol. The molecule has 2 aliphatic rings. The average Bonchev–Trinajstić information content (AvgIpc) is 3.16. The van der Waals surface area contributed by atoms with Crippen LogP contribution >= 0.6 is 0 Å². The molecule has 1 aliphatic heterocycles. The zero-order valence-electron chi connectivity index (χ0n) is 16.8. The third-order valence-electron chi connectivity index (χ3n) is 5.82. The highest BCUT2D eigenvalue weighted by Crippen LogP contribution is 2.24. The molecule has 0 spiro atoms. The van der Waals surface area contributed by atoms with Gasteiger partial charge in [-0.25, -0.2) is 0 Å². The summed E-state index contributed by atoms with van der Waals surface area (Å²) in [6.07, 6.45) is 4.32. The Kier molecular flexibility index (Phi) is 6.05. The molecule has 1 aliphatic carbocycles. The van der Waals surface area contributed by atoms with Crippen LogP contribution < -0.4 is 15.5 Å². The molecular formula is C21H32N4O2. The molecule has 6 nitrogen and oxygen atoms in total. The molecule has 0 radical (unpaired) electrons. The second-order valence-electron chi connectivity index (χ2n) is 8.37. The Morgan fingerprint density at radius 1 is 0.963 bits per heavy atom. The minimum absolute atomic E-state index is 0.194. The summed E-state index contributed by atoms with van der Waals surface area (Å²) in [6.45, 7) is 7.51. The summed E-state index contributed by atoms with van der Waals surface area (Å²) < 4.78 is 0. The topological polar surface area (TPSA) is 64.7 Å². The van der Waals surface area contributed by atoms with Crippen molar-refractivity contribution in [2.75, 3.05) is 43.4 Å². The molecular weight excluding hydrogens is 340 g/mol. The van der Waals surface area contributed by atoms with Crippen LogP contribution in [0.2, 0.25) is 0 Å². The molecule has 2 fully saturated rings. The van der Waals surface area contributed by atoms with Gasteiger partial charge in [0.25, 0.3) is 0 Å². The number of carbonyl (C=O) groups is 2. The van der Waals surface area contributed by atoms with Crippen LogP contribution in [0, 0.1) is 5.41 Å². The molecule has 1 heterocycles. The Balaban J connectivity index is 1.57. The third-order valence-corrected chi connectivity index (χ3v) is 5.82. The lowest BCUT2D eigenvalue weighted by Crippen LogP contribution is -2.48. The van der Waals surface area contributed by atoms with Crippen LogP contribution in [-0.4, -0.2) is 56.0 Å². The number of amides is 2. The highest BCUT2D eigenvalue weighted by molar-refractivity contribution is 6.09. The lowest BCUT2D eigenvalue weighted by atomic mass is 9.90. The Morgan fingerprint density at radius 3 is 2.15 bits per heavy atom. The van der Waals surface area contributed by atoms with E-state index in [1.54, 1.807) is 13.8 Å². The van der Waals surface area contributed by atoms with Crippen molar-refractivity contribution >= 4 is 23.2 Å². The second-order valence-corrected chi connectivity index (χ2v) is 8.37. The molecule has 1 saturated carbocycles. The summed E-state index contributed by atoms with van der Waals surface area (Å²) in [5, 5.41) is 5.93. The molecule has 3 rings (SSSR count). The number of anilines is 2. The molecule has 148 valence electrons. The molecule has 2 amide bonds. The van der Waals surface area contributed by atoms with Crippen molar-refractivity contribution in [3.8, 4) is 0 Å². The molecule has 0 unspecified atom stereocenters. The number of rotatable bonds is 5. The normalized spacial score (nSPS) is 19.1. The Morgan fingerprint density at radius 2 is 1.56 bits per heavy atom. The van der Waals surface area contributed by atoms with Gasteiger partial charge in [-0.15, -0.1) is 0 Å². The van der Waals surface area contributed by atoms with Crippen LogP contribution in [0.5, 0.6) is 0 Å². The first-order valence-corrected chi connectivity index (χ1v) is 10.0. The largest absolute Gasteiger partial charge is 0.369 e. The first kappa shape index (κ1) is 19.7. The van der Waals surface area contributed by atoms with Crippen molar-refractivity contribution in [1.82, 2.24) is 10.2 Å². The lowest BCUT2D eigenvalue weighted by molar-refractivity contribution is -0.138. The van der Waals surface area contributed by atoms with Gasteiger partial charge < -0.3 is 20.4 Å². The van der Waals surface area contributed by atoms with Gasteiger partial charge in [0.15, 0.2) is 0 Å². The number of hydrogen-bond acceptors (Lipinski definition) is 4. The van der Waals surface area contributed by atoms with Gasteiger partial charge in [-0.2, -0.15) is 0 Å². The standard InChI is InChI=1S/C21H32N4O2/c1-21(2,19(26)22-16-6-4-5-7-16)20(27)23-17-8-10-18(11-9-17)25-14-12-24(3)13-15-25/h8-11,16H,4-7,12-15H2,1-3H3,(H,22,26)(H,23,27). The van der Waals surface area contributed by atoms with Crippen molar-refractivity contribution < 1.29 is 9.59 Å². The highest BCUT2D eigenvalue weighted by atomic mass is 16.2. The van der Waals surface area contributed by atoms with Gasteiger partial charge in [-0.05, 0) is 58.0 Å². The summed E-state index contributed by atoms with van der Waals surface area (Å²) in [5.41, 5.74) is 0.789. The number of nitrogens with one attached hydrogen (secondary N) is 2. The lowest BCUT2D eigenvalue weighted by Gasteiger charge is -2.34. The van der Waals surface area contributed by atoms with Crippen LogP contribution in [0.3, 0.4) is 0 Å². The molecule has 1 saturated heterocycles. The number of carbonyl (C=O) groups excluding carboxylic acids is 2. The van der Waals surface area contributed by atoms with E-state index in [2.05, 4.69) is 27.5 Å². The predicted molar refractivity (Wildman–Crippen MR) is 109 cm³/mol. The fourth-order valence-electron chi connectivity index (χ4n) is 3.65. The first-order valence-electron chi connectivity index (χ1n) is 10.0. The SMILES string of the molecule is CN1CCN(c2ccc(NC(=O)C(C)(C)C(=O)NC3CCCC3)cc2)CC1. The van der Waals surface area contributed by atoms with Gasteiger partial charge in [0, 0.05) is 43.6 Å². The third kappa shape index (κ3) is 4.80. The van der Waals surface area contributed by atoms with Crippen LogP contribution in [0.15, 0.2) is 24.3 Å². The number of piperazine rings is 1. The Bertz CT molecular complexity index is 657. The maximum atomic E-state index is 12.7. The van der Waals surface area contributed by atoms with E-state index in [1.807, 2.05) is 24.3 Å². The number of likely N-dealkylation sites (N-methyl/N-ethyl adjacent to an activating group) is 1. The van der Waals surface area contributed by atoms with Crippen LogP contribution in [0.25, 0.3) is 0 Å². The Labute approximate surface area is 162 Å². The molecule has 0 atom stereocenters. The van der Waals surface area contributed by atoms with E-state index in [4.69, 9.17) is 0 Å². The molecule has 6 heteroatoms. The van der Waals surface area contributed by atoms with E-state index >= 15 is 0 Å². The van der Waals surface area contributed by atoms with Gasteiger partial charge in [0.05, 0.1) is 0 Å². The van der Waals surface area contributed by atoms with Crippen LogP contribution in [0.4, 0.5) is 11.4 Å². The van der Waals surface area contributed by atoms with Gasteiger partial charge in [0.2, 0.25) is 11.8 Å². The van der Waals surface area contributed by atoms with Gasteiger partial charge in [-0.1, -0.05) is 12.8 Å². The zero-order chi connectivity index (χ0) is 19.4. The molecule has 2 N–H and O–H groups in total. The van der Waals surface area contributed by atoms with Crippen molar-refractivity contribution in [2.45, 2.75) is 45.6 Å². The smallest absolute Gasteiger partial charge is 0.239 e. The van der Waals surface area contributed by atoms with Crippen molar-refractivity contribution in [1.29, 1.82) is 0 Å². The van der Waals surface area contributed by atoms with Crippen LogP contribution in [-0.2, 0) is 9.59 Å². The fourth-order valence-corrected chi connectivity index (χ4v) is 3.65. The maximum absolute atomic E-state index is 12.7. The number of nitrogens with zero attached hydrogens (tertiary/aromatic N) is 2. The van der Waals surface area contributed by atoms with Crippen LogP contribution in [0.1, 0.15) is 39.5 Å². The first-order chi connectivity index (χ1) is 12.9. The summed E-state index contributed by atoms with van der Waals surface area (Å²) in [6, 6.07) is 8.11. The van der Waals surface area contributed by atoms with Gasteiger partial charge in [-0.3, -0.25) is 9.59 Å². The molecule has 0 aromatic heterocycles. The van der Waals surface area contributed by atoms with E-state index in [0.717, 1.165) is 57.5 Å². The summed E-state index contributed by atoms with van der Waals surface area (Å²) in [5.74, 6) is -0.466. The maximum Gasteiger partial charge on any atom is 0.239 e. The van der Waals surface area contributed by atoms with Crippen molar-refractivity contribution in [3.63, 3.8) is 0 Å². The van der Waals surface area contributed by atoms with E-state index in [1.165, 1.54) is 5.69 Å². The molecule has 1 aromatic rings. The minimum atomic E-state index is -1.10. The van der Waals surface area contributed by atoms with Gasteiger partial charge >= 0.3 is 0 Å². The van der Waals surface area contributed by atoms with E-state index in [0.29, 0.717) is 0 Å². The summed E-state index contributed by atoms with van der Waals surface area (Å²) in [4.78, 5) is 29.9. The fraction of sp³-hybridized carbons (Fsp3) is 0.619. The van der Waals surface area contributed by atoms with Gasteiger partial charge in [0.1, 0.15) is 5.41 Å². The Hall–Kier alpha value is -2.08. The minimum Gasteiger partial charge on any atom is -0.369 e. The van der Waals surface area contributed by atoms with E-state index in [-0.39, 0.29) is 17.9 Å². The predicted octanol–water partition coefficient (Wildman–Crippen LogP) is 2.46. The zero-order valence-corrected chi connectivity index (χ0v) is 16.8.